The van der Waals surface area contributed by atoms with Gasteiger partial charge in [-0.2, -0.15) is 0 Å². The molecule has 0 aliphatic heterocycles. The van der Waals surface area contributed by atoms with Gasteiger partial charge in [-0.1, -0.05) is 0 Å². The third-order valence-electron chi connectivity index (χ3n) is 1.48. The molecule has 0 aromatic heterocycles. The lowest BCUT2D eigenvalue weighted by Crippen LogP contribution is -2.40. The molecule has 80 valence electrons. The Morgan fingerprint density at radius 2 is 1.08 bits per heavy atom. The summed E-state index contributed by atoms with van der Waals surface area (Å²) in [5.74, 6) is -1.18. The van der Waals surface area contributed by atoms with Crippen LogP contribution >= 0.6 is 0 Å². The second-order valence-corrected chi connectivity index (χ2v) is 3.77. The maximum atomic E-state index is 5.66. The van der Waals surface area contributed by atoms with Crippen molar-refractivity contribution in [2.45, 2.75) is 53.1 Å². The third-order valence-corrected chi connectivity index (χ3v) is 1.48. The van der Waals surface area contributed by atoms with E-state index in [0.29, 0.717) is 13.2 Å². The molecule has 0 aliphatic carbocycles. The zero-order valence-electron chi connectivity index (χ0n) is 9.64. The van der Waals surface area contributed by atoms with Gasteiger partial charge in [-0.05, 0) is 41.5 Å². The van der Waals surface area contributed by atoms with E-state index in [1.165, 1.54) is 0 Å². The van der Waals surface area contributed by atoms with Gasteiger partial charge in [-0.15, -0.1) is 0 Å². The van der Waals surface area contributed by atoms with Crippen LogP contribution in [0.4, 0.5) is 0 Å². The summed E-state index contributed by atoms with van der Waals surface area (Å²) < 4.78 is 16.5. The molecule has 0 aromatic carbocycles. The fraction of sp³-hybridized carbons (Fsp3) is 1.00. The van der Waals surface area contributed by atoms with Crippen LogP contribution in [0.3, 0.4) is 0 Å². The van der Waals surface area contributed by atoms with E-state index in [1.54, 1.807) is 0 Å². The average molecular weight is 190 g/mol. The Morgan fingerprint density at radius 3 is 1.31 bits per heavy atom. The largest absolute Gasteiger partial charge is 0.351 e. The smallest absolute Gasteiger partial charge is 0.166 e. The molecule has 0 aliphatic rings. The molecular formula is C10H22O3. The molecule has 0 fully saturated rings. The second-order valence-electron chi connectivity index (χ2n) is 3.77. The van der Waals surface area contributed by atoms with Gasteiger partial charge in [0.15, 0.2) is 11.6 Å². The highest BCUT2D eigenvalue weighted by Gasteiger charge is 2.29. The maximum absolute atomic E-state index is 5.66. The molecule has 0 radical (unpaired) electrons. The molecule has 0 saturated heterocycles. The SMILES string of the molecule is CCOC(C)(C)OC(C)(C)OCC. The van der Waals surface area contributed by atoms with E-state index in [0.717, 1.165) is 0 Å². The van der Waals surface area contributed by atoms with Gasteiger partial charge in [0.1, 0.15) is 0 Å². The van der Waals surface area contributed by atoms with Crippen molar-refractivity contribution >= 4 is 0 Å². The quantitative estimate of drug-likeness (QED) is 0.602. The number of hydrogen-bond acceptors (Lipinski definition) is 3. The lowest BCUT2D eigenvalue weighted by atomic mass is 10.3. The summed E-state index contributed by atoms with van der Waals surface area (Å²) in [6.45, 7) is 12.7. The van der Waals surface area contributed by atoms with E-state index in [4.69, 9.17) is 14.2 Å². The van der Waals surface area contributed by atoms with Gasteiger partial charge in [0.05, 0.1) is 0 Å². The Labute approximate surface area is 81.4 Å². The van der Waals surface area contributed by atoms with Crippen LogP contribution in [0.2, 0.25) is 0 Å². The molecular weight excluding hydrogens is 168 g/mol. The number of ether oxygens (including phenoxy) is 3. The Kier molecular flexibility index (Phi) is 4.89. The van der Waals surface area contributed by atoms with Crippen LogP contribution < -0.4 is 0 Å². The van der Waals surface area contributed by atoms with Gasteiger partial charge in [0.25, 0.3) is 0 Å². The first-order valence-corrected chi connectivity index (χ1v) is 4.81. The molecule has 0 unspecified atom stereocenters. The Bertz CT molecular complexity index is 125. The summed E-state index contributed by atoms with van der Waals surface area (Å²) in [6, 6.07) is 0. The highest BCUT2D eigenvalue weighted by atomic mass is 16.8. The van der Waals surface area contributed by atoms with Gasteiger partial charge >= 0.3 is 0 Å². The minimum atomic E-state index is -0.590. The Balaban J connectivity index is 4.07. The van der Waals surface area contributed by atoms with E-state index in [1.807, 2.05) is 41.5 Å². The van der Waals surface area contributed by atoms with Crippen molar-refractivity contribution < 1.29 is 14.2 Å². The standard InChI is InChI=1S/C10H22O3/c1-7-11-9(3,4)13-10(5,6)12-8-2/h7-8H2,1-6H3. The molecule has 0 heterocycles. The van der Waals surface area contributed by atoms with Crippen LogP contribution in [-0.4, -0.2) is 24.8 Å². The molecule has 3 heteroatoms. The lowest BCUT2D eigenvalue weighted by Gasteiger charge is -2.35. The molecule has 0 aromatic rings. The molecule has 0 amide bonds. The molecule has 3 nitrogen and oxygen atoms in total. The van der Waals surface area contributed by atoms with Crippen molar-refractivity contribution in [1.29, 1.82) is 0 Å². The van der Waals surface area contributed by atoms with Gasteiger partial charge in [0, 0.05) is 13.2 Å². The first-order valence-electron chi connectivity index (χ1n) is 4.81. The average Bonchev–Trinajstić information content (AvgIpc) is 1.82. The summed E-state index contributed by atoms with van der Waals surface area (Å²) >= 11 is 0. The van der Waals surface area contributed by atoms with Gasteiger partial charge < -0.3 is 14.2 Å². The zero-order chi connectivity index (χ0) is 10.5. The van der Waals surface area contributed by atoms with Crippen molar-refractivity contribution in [3.63, 3.8) is 0 Å². The van der Waals surface area contributed by atoms with E-state index >= 15 is 0 Å². The van der Waals surface area contributed by atoms with Gasteiger partial charge in [-0.25, -0.2) is 0 Å². The van der Waals surface area contributed by atoms with E-state index in [9.17, 15) is 0 Å². The molecule has 0 atom stereocenters. The first kappa shape index (κ1) is 12.9. The highest BCUT2D eigenvalue weighted by molar-refractivity contribution is 4.61. The van der Waals surface area contributed by atoms with Crippen LogP contribution in [0.1, 0.15) is 41.5 Å². The van der Waals surface area contributed by atoms with E-state index < -0.39 is 11.6 Å². The van der Waals surface area contributed by atoms with E-state index in [2.05, 4.69) is 0 Å². The fourth-order valence-corrected chi connectivity index (χ4v) is 1.35. The third kappa shape index (κ3) is 6.02. The minimum Gasteiger partial charge on any atom is -0.351 e. The molecule has 0 rings (SSSR count). The maximum Gasteiger partial charge on any atom is 0.166 e. The van der Waals surface area contributed by atoms with Crippen molar-refractivity contribution in [3.8, 4) is 0 Å². The van der Waals surface area contributed by atoms with Crippen molar-refractivity contribution in [3.05, 3.63) is 0 Å². The zero-order valence-corrected chi connectivity index (χ0v) is 9.64. The normalized spacial score (nSPS) is 13.4. The predicted molar refractivity (Wildman–Crippen MR) is 52.5 cm³/mol. The van der Waals surface area contributed by atoms with Crippen molar-refractivity contribution in [1.82, 2.24) is 0 Å². The van der Waals surface area contributed by atoms with Crippen LogP contribution in [0, 0.1) is 0 Å². The summed E-state index contributed by atoms with van der Waals surface area (Å²) in [5.41, 5.74) is 0. The summed E-state index contributed by atoms with van der Waals surface area (Å²) in [4.78, 5) is 0. The lowest BCUT2D eigenvalue weighted by molar-refractivity contribution is -0.332. The topological polar surface area (TPSA) is 27.7 Å². The van der Waals surface area contributed by atoms with Crippen LogP contribution in [0.5, 0.6) is 0 Å². The summed E-state index contributed by atoms with van der Waals surface area (Å²) in [6.07, 6.45) is 0. The molecule has 13 heavy (non-hydrogen) atoms. The Hall–Kier alpha value is -0.120. The molecule has 0 N–H and O–H groups in total. The molecule has 0 bridgehead atoms. The van der Waals surface area contributed by atoms with Crippen LogP contribution in [-0.2, 0) is 14.2 Å². The van der Waals surface area contributed by atoms with Gasteiger partial charge in [0.2, 0.25) is 0 Å². The van der Waals surface area contributed by atoms with Gasteiger partial charge in [-0.3, -0.25) is 0 Å². The van der Waals surface area contributed by atoms with Crippen LogP contribution in [0.15, 0.2) is 0 Å². The second kappa shape index (κ2) is 4.94. The molecule has 0 saturated carbocycles. The summed E-state index contributed by atoms with van der Waals surface area (Å²) in [7, 11) is 0. The summed E-state index contributed by atoms with van der Waals surface area (Å²) in [5, 5.41) is 0. The monoisotopic (exact) mass is 190 g/mol. The fourth-order valence-electron chi connectivity index (χ4n) is 1.35. The number of hydrogen-bond donors (Lipinski definition) is 0. The highest BCUT2D eigenvalue weighted by Crippen LogP contribution is 2.22. The van der Waals surface area contributed by atoms with Crippen LogP contribution in [0.25, 0.3) is 0 Å². The number of rotatable bonds is 6. The molecule has 0 spiro atoms. The minimum absolute atomic E-state index is 0.590. The van der Waals surface area contributed by atoms with E-state index in [-0.39, 0.29) is 0 Å². The Morgan fingerprint density at radius 1 is 0.769 bits per heavy atom. The van der Waals surface area contributed by atoms with Crippen molar-refractivity contribution in [2.75, 3.05) is 13.2 Å². The van der Waals surface area contributed by atoms with Crippen molar-refractivity contribution in [2.24, 2.45) is 0 Å². The predicted octanol–water partition coefficient (Wildman–Crippen LogP) is 2.55. The first-order chi connectivity index (χ1) is 5.83.